The molecule has 0 radical (unpaired) electrons. The predicted octanol–water partition coefficient (Wildman–Crippen LogP) is 3.48. The summed E-state index contributed by atoms with van der Waals surface area (Å²) in [6.45, 7) is 3.82. The molecule has 1 N–H and O–H groups in total. The van der Waals surface area contributed by atoms with Crippen molar-refractivity contribution < 1.29 is 22.7 Å². The first-order chi connectivity index (χ1) is 14.1. The number of anilines is 1. The number of methoxy groups -OCH3 is 1. The van der Waals surface area contributed by atoms with Gasteiger partial charge in [-0.25, -0.2) is 13.2 Å². The van der Waals surface area contributed by atoms with Crippen molar-refractivity contribution in [2.45, 2.75) is 31.2 Å². The largest absolute Gasteiger partial charge is 0.467 e. The minimum absolute atomic E-state index is 0.0129. The Hall–Kier alpha value is -2.58. The molecule has 30 heavy (non-hydrogen) atoms. The van der Waals surface area contributed by atoms with Crippen LogP contribution in [0.15, 0.2) is 53.4 Å². The van der Waals surface area contributed by atoms with Crippen molar-refractivity contribution >= 4 is 39.2 Å². The summed E-state index contributed by atoms with van der Waals surface area (Å²) in [6, 6.07) is 11.6. The van der Waals surface area contributed by atoms with E-state index >= 15 is 0 Å². The van der Waals surface area contributed by atoms with E-state index in [1.54, 1.807) is 30.3 Å². The fraction of sp³-hybridized carbons (Fsp3) is 0.333. The molecule has 0 saturated heterocycles. The predicted molar refractivity (Wildman–Crippen MR) is 116 cm³/mol. The Balaban J connectivity index is 2.36. The number of amides is 1. The van der Waals surface area contributed by atoms with Crippen LogP contribution >= 0.6 is 11.6 Å². The smallest absolute Gasteiger partial charge is 0.328 e. The Morgan fingerprint density at radius 1 is 1.13 bits per heavy atom. The van der Waals surface area contributed by atoms with Crippen molar-refractivity contribution in [3.8, 4) is 0 Å². The number of nitrogens with one attached hydrogen (secondary N) is 1. The number of sulfonamides is 1. The highest BCUT2D eigenvalue weighted by Crippen LogP contribution is 2.28. The lowest BCUT2D eigenvalue weighted by atomic mass is 10.0. The van der Waals surface area contributed by atoms with Crippen molar-refractivity contribution in [2.75, 3.05) is 18.5 Å². The summed E-state index contributed by atoms with van der Waals surface area (Å²) in [7, 11) is -1.37. The molecule has 1 amide bonds. The Labute approximate surface area is 182 Å². The molecule has 0 aliphatic rings. The maximum absolute atomic E-state index is 13.1. The summed E-state index contributed by atoms with van der Waals surface area (Å²) in [5.74, 6) is -1.03. The highest BCUT2D eigenvalue weighted by atomic mass is 35.5. The van der Waals surface area contributed by atoms with Crippen molar-refractivity contribution in [1.29, 1.82) is 0 Å². The van der Waals surface area contributed by atoms with Gasteiger partial charge in [0, 0.05) is 12.6 Å². The van der Waals surface area contributed by atoms with Gasteiger partial charge >= 0.3 is 5.97 Å². The van der Waals surface area contributed by atoms with Crippen LogP contribution in [-0.2, 0) is 19.6 Å². The molecule has 0 fully saturated rings. The van der Waals surface area contributed by atoms with Crippen LogP contribution < -0.4 is 9.62 Å². The van der Waals surface area contributed by atoms with Gasteiger partial charge in [-0.15, -0.1) is 0 Å². The summed E-state index contributed by atoms with van der Waals surface area (Å²) in [4.78, 5) is 24.5. The van der Waals surface area contributed by atoms with Gasteiger partial charge in [0.2, 0.25) is 0 Å². The fourth-order valence-electron chi connectivity index (χ4n) is 2.84. The summed E-state index contributed by atoms with van der Waals surface area (Å²) < 4.78 is 32.0. The van der Waals surface area contributed by atoms with Gasteiger partial charge in [-0.3, -0.25) is 9.10 Å². The molecule has 0 spiro atoms. The highest BCUT2D eigenvalue weighted by Gasteiger charge is 2.27. The molecule has 0 aliphatic carbocycles. The number of nitrogens with zero attached hydrogens (tertiary/aromatic N) is 1. The average Bonchev–Trinajstić information content (AvgIpc) is 2.72. The van der Waals surface area contributed by atoms with Gasteiger partial charge < -0.3 is 10.1 Å². The lowest BCUT2D eigenvalue weighted by Gasteiger charge is -2.21. The van der Waals surface area contributed by atoms with Gasteiger partial charge in [0.1, 0.15) is 10.9 Å². The number of carbonyl (C=O) groups is 2. The van der Waals surface area contributed by atoms with E-state index in [1.165, 1.54) is 32.4 Å². The number of para-hydroxylation sites is 1. The zero-order valence-electron chi connectivity index (χ0n) is 17.3. The number of hydrogen-bond acceptors (Lipinski definition) is 5. The summed E-state index contributed by atoms with van der Waals surface area (Å²) in [5, 5.41) is 2.60. The molecular weight excluding hydrogens is 428 g/mol. The number of benzene rings is 2. The zero-order chi connectivity index (χ0) is 22.5. The molecule has 2 aromatic carbocycles. The van der Waals surface area contributed by atoms with Crippen LogP contribution in [0.2, 0.25) is 5.02 Å². The Kier molecular flexibility index (Phi) is 7.86. The van der Waals surface area contributed by atoms with Crippen LogP contribution in [0, 0.1) is 5.92 Å². The normalized spacial score (nSPS) is 12.3. The van der Waals surface area contributed by atoms with Crippen LogP contribution in [0.5, 0.6) is 0 Å². The summed E-state index contributed by atoms with van der Waals surface area (Å²) >= 11 is 6.15. The molecule has 162 valence electrons. The molecule has 1 atom stereocenters. The fourth-order valence-corrected chi connectivity index (χ4v) is 4.53. The second-order valence-corrected chi connectivity index (χ2v) is 9.48. The lowest BCUT2D eigenvalue weighted by Crippen LogP contribution is -2.42. The quantitative estimate of drug-likeness (QED) is 0.619. The molecule has 9 heteroatoms. The minimum atomic E-state index is -4.02. The van der Waals surface area contributed by atoms with Crippen molar-refractivity contribution in [3.05, 3.63) is 59.1 Å². The maximum atomic E-state index is 13.1. The molecular formula is C21H25ClN2O5S. The first kappa shape index (κ1) is 23.7. The third-order valence-electron chi connectivity index (χ3n) is 4.45. The zero-order valence-corrected chi connectivity index (χ0v) is 18.8. The Bertz CT molecular complexity index is 1010. The van der Waals surface area contributed by atoms with Gasteiger partial charge in [-0.2, -0.15) is 0 Å². The van der Waals surface area contributed by atoms with E-state index in [0.29, 0.717) is 12.1 Å². The minimum Gasteiger partial charge on any atom is -0.467 e. The van der Waals surface area contributed by atoms with E-state index in [2.05, 4.69) is 5.32 Å². The van der Waals surface area contributed by atoms with Crippen LogP contribution in [0.1, 0.15) is 30.6 Å². The number of carbonyl (C=O) groups excluding carboxylic acids is 2. The maximum Gasteiger partial charge on any atom is 0.328 e. The van der Waals surface area contributed by atoms with E-state index in [9.17, 15) is 18.0 Å². The molecule has 2 rings (SSSR count). The van der Waals surface area contributed by atoms with Crippen LogP contribution in [0.25, 0.3) is 0 Å². The third-order valence-corrected chi connectivity index (χ3v) is 6.72. The van der Waals surface area contributed by atoms with Crippen LogP contribution in [0.3, 0.4) is 0 Å². The number of ether oxygens (including phenoxy) is 1. The van der Waals surface area contributed by atoms with Gasteiger partial charge in [0.05, 0.1) is 17.8 Å². The highest BCUT2D eigenvalue weighted by molar-refractivity contribution is 7.93. The molecule has 0 heterocycles. The molecule has 0 aromatic heterocycles. The lowest BCUT2D eigenvalue weighted by molar-refractivity contribution is -0.143. The van der Waals surface area contributed by atoms with E-state index in [1.807, 2.05) is 13.8 Å². The molecule has 0 bridgehead atoms. The van der Waals surface area contributed by atoms with Gasteiger partial charge in [-0.05, 0) is 42.7 Å². The number of halogens is 1. The van der Waals surface area contributed by atoms with Gasteiger partial charge in [-0.1, -0.05) is 43.6 Å². The van der Waals surface area contributed by atoms with E-state index < -0.39 is 27.9 Å². The topological polar surface area (TPSA) is 92.8 Å². The Morgan fingerprint density at radius 2 is 1.77 bits per heavy atom. The van der Waals surface area contributed by atoms with Crippen LogP contribution in [0.4, 0.5) is 5.69 Å². The summed E-state index contributed by atoms with van der Waals surface area (Å²) in [5.41, 5.74) is 0.517. The SMILES string of the molecule is COC(=O)C(CC(C)C)NC(=O)c1ccc(Cl)c(S(=O)(=O)N(C)c2ccccc2)c1. The molecule has 7 nitrogen and oxygen atoms in total. The van der Waals surface area contributed by atoms with Crippen molar-refractivity contribution in [1.82, 2.24) is 5.32 Å². The standard InChI is InChI=1S/C21H25ClN2O5S/c1-14(2)12-18(21(26)29-4)23-20(25)15-10-11-17(22)19(13-15)30(27,28)24(3)16-8-6-5-7-9-16/h5-11,13-14,18H,12H2,1-4H3,(H,23,25). The van der Waals surface area contributed by atoms with E-state index in [-0.39, 0.29) is 21.4 Å². The average molecular weight is 453 g/mol. The van der Waals surface area contributed by atoms with Gasteiger partial charge in [0.25, 0.3) is 15.9 Å². The van der Waals surface area contributed by atoms with E-state index in [4.69, 9.17) is 16.3 Å². The second-order valence-electron chi connectivity index (χ2n) is 7.13. The molecule has 0 saturated carbocycles. The van der Waals surface area contributed by atoms with Crippen molar-refractivity contribution in [3.63, 3.8) is 0 Å². The van der Waals surface area contributed by atoms with Crippen LogP contribution in [-0.4, -0.2) is 40.5 Å². The molecule has 1 unspecified atom stereocenters. The third kappa shape index (κ3) is 5.52. The van der Waals surface area contributed by atoms with Gasteiger partial charge in [0.15, 0.2) is 0 Å². The number of hydrogen-bond donors (Lipinski definition) is 1. The Morgan fingerprint density at radius 3 is 2.33 bits per heavy atom. The van der Waals surface area contributed by atoms with Crippen molar-refractivity contribution in [2.24, 2.45) is 5.92 Å². The molecule has 0 aliphatic heterocycles. The first-order valence-electron chi connectivity index (χ1n) is 9.30. The number of rotatable bonds is 8. The number of esters is 1. The molecule has 2 aromatic rings. The van der Waals surface area contributed by atoms with E-state index in [0.717, 1.165) is 4.31 Å². The summed E-state index contributed by atoms with van der Waals surface area (Å²) in [6.07, 6.45) is 0.383. The second kappa shape index (κ2) is 9.95. The monoisotopic (exact) mass is 452 g/mol. The first-order valence-corrected chi connectivity index (χ1v) is 11.1.